The molecule has 0 fully saturated rings. The van der Waals surface area contributed by atoms with Crippen molar-refractivity contribution in [2.75, 3.05) is 5.75 Å². The molecule has 138 valence electrons. The zero-order valence-electron chi connectivity index (χ0n) is 14.7. The van der Waals surface area contributed by atoms with Crippen molar-refractivity contribution in [2.24, 2.45) is 5.10 Å². The Bertz CT molecular complexity index is 940. The molecule has 1 aromatic heterocycles. The van der Waals surface area contributed by atoms with Crippen LogP contribution in [-0.4, -0.2) is 37.7 Å². The van der Waals surface area contributed by atoms with Crippen LogP contribution in [0.5, 0.6) is 5.75 Å². The molecule has 0 aliphatic rings. The Labute approximate surface area is 161 Å². The summed E-state index contributed by atoms with van der Waals surface area (Å²) in [5, 5.41) is 22.7. The van der Waals surface area contributed by atoms with Crippen LogP contribution in [0.4, 0.5) is 0 Å². The van der Waals surface area contributed by atoms with E-state index in [-0.39, 0.29) is 17.4 Å². The summed E-state index contributed by atoms with van der Waals surface area (Å²) in [6.45, 7) is 2.71. The van der Waals surface area contributed by atoms with Crippen molar-refractivity contribution in [3.05, 3.63) is 60.2 Å². The largest absolute Gasteiger partial charge is 0.507 e. The minimum atomic E-state index is -0.265. The number of nitrogens with zero attached hydrogens (tertiary/aromatic N) is 4. The lowest BCUT2D eigenvalue weighted by Crippen LogP contribution is -2.20. The Hall–Kier alpha value is -3.13. The van der Waals surface area contributed by atoms with Crippen LogP contribution in [0.2, 0.25) is 0 Å². The fourth-order valence-corrected chi connectivity index (χ4v) is 3.21. The zero-order valence-corrected chi connectivity index (χ0v) is 15.6. The van der Waals surface area contributed by atoms with E-state index in [0.29, 0.717) is 17.3 Å². The summed E-state index contributed by atoms with van der Waals surface area (Å²) in [5.41, 5.74) is 3.96. The Balaban J connectivity index is 1.59. The minimum absolute atomic E-state index is 0.106. The van der Waals surface area contributed by atoms with Gasteiger partial charge >= 0.3 is 0 Å². The van der Waals surface area contributed by atoms with Gasteiger partial charge in [0.05, 0.1) is 12.0 Å². The molecular formula is C19H19N5O2S. The smallest absolute Gasteiger partial charge is 0.250 e. The SMILES string of the molecule is CCn1c(SCC(=O)N/N=C/c2ccccc2O)nnc1-c1ccccc1. The number of hydrogen-bond acceptors (Lipinski definition) is 6. The number of phenolic OH excluding ortho intramolecular Hbond substituents is 1. The molecular weight excluding hydrogens is 362 g/mol. The Morgan fingerprint density at radius 3 is 2.67 bits per heavy atom. The number of aromatic nitrogens is 3. The van der Waals surface area contributed by atoms with Crippen LogP contribution in [-0.2, 0) is 11.3 Å². The number of amides is 1. The van der Waals surface area contributed by atoms with E-state index >= 15 is 0 Å². The Kier molecular flexibility index (Phi) is 6.22. The number of benzene rings is 2. The molecule has 1 amide bonds. The molecule has 3 rings (SSSR count). The number of para-hydroxylation sites is 1. The van der Waals surface area contributed by atoms with Crippen LogP contribution in [0.1, 0.15) is 12.5 Å². The topological polar surface area (TPSA) is 92.4 Å². The lowest BCUT2D eigenvalue weighted by atomic mass is 10.2. The van der Waals surface area contributed by atoms with Crippen LogP contribution in [0, 0.1) is 0 Å². The van der Waals surface area contributed by atoms with Gasteiger partial charge in [-0.1, -0.05) is 54.2 Å². The van der Waals surface area contributed by atoms with Crippen molar-refractivity contribution in [1.29, 1.82) is 0 Å². The molecule has 0 spiro atoms. The predicted molar refractivity (Wildman–Crippen MR) is 106 cm³/mol. The van der Waals surface area contributed by atoms with Crippen molar-refractivity contribution in [2.45, 2.75) is 18.6 Å². The Morgan fingerprint density at radius 2 is 1.93 bits per heavy atom. The summed E-state index contributed by atoms with van der Waals surface area (Å²) in [7, 11) is 0. The second-order valence-electron chi connectivity index (χ2n) is 5.56. The first-order valence-electron chi connectivity index (χ1n) is 8.40. The molecule has 0 aliphatic heterocycles. The fourth-order valence-electron chi connectivity index (χ4n) is 2.41. The average Bonchev–Trinajstić information content (AvgIpc) is 3.11. The standard InChI is InChI=1S/C19H19N5O2S/c1-2-24-18(14-8-4-3-5-9-14)22-23-19(24)27-13-17(26)21-20-12-15-10-6-7-11-16(15)25/h3-12,25H,2,13H2,1H3,(H,21,26)/b20-12+. The highest BCUT2D eigenvalue weighted by atomic mass is 32.2. The van der Waals surface area contributed by atoms with Crippen LogP contribution in [0.25, 0.3) is 11.4 Å². The van der Waals surface area contributed by atoms with Gasteiger partial charge in [-0.05, 0) is 19.1 Å². The third-order valence-corrected chi connectivity index (χ3v) is 4.69. The number of hydrazone groups is 1. The number of carbonyl (C=O) groups is 1. The maximum absolute atomic E-state index is 12.0. The van der Waals surface area contributed by atoms with E-state index in [4.69, 9.17) is 0 Å². The monoisotopic (exact) mass is 381 g/mol. The highest BCUT2D eigenvalue weighted by molar-refractivity contribution is 7.99. The highest BCUT2D eigenvalue weighted by Gasteiger charge is 2.14. The van der Waals surface area contributed by atoms with E-state index in [1.807, 2.05) is 41.8 Å². The van der Waals surface area contributed by atoms with Gasteiger partial charge in [-0.15, -0.1) is 10.2 Å². The van der Waals surface area contributed by atoms with Gasteiger partial charge in [0.2, 0.25) is 0 Å². The van der Waals surface area contributed by atoms with Crippen LogP contribution < -0.4 is 5.43 Å². The minimum Gasteiger partial charge on any atom is -0.507 e. The van der Waals surface area contributed by atoms with Gasteiger partial charge in [0.15, 0.2) is 11.0 Å². The van der Waals surface area contributed by atoms with E-state index in [1.54, 1.807) is 24.3 Å². The van der Waals surface area contributed by atoms with Gasteiger partial charge in [-0.3, -0.25) is 4.79 Å². The summed E-state index contributed by atoms with van der Waals surface area (Å²) in [4.78, 5) is 12.0. The van der Waals surface area contributed by atoms with Gasteiger partial charge in [-0.2, -0.15) is 5.10 Å². The number of phenols is 1. The first-order valence-corrected chi connectivity index (χ1v) is 9.39. The fraction of sp³-hybridized carbons (Fsp3) is 0.158. The first-order chi connectivity index (χ1) is 13.2. The summed E-state index contributed by atoms with van der Waals surface area (Å²) < 4.78 is 1.97. The third kappa shape index (κ3) is 4.73. The summed E-state index contributed by atoms with van der Waals surface area (Å²) in [6.07, 6.45) is 1.40. The maximum atomic E-state index is 12.0. The van der Waals surface area contributed by atoms with Gasteiger partial charge in [0, 0.05) is 17.7 Å². The molecule has 0 atom stereocenters. The number of hydrogen-bond donors (Lipinski definition) is 2. The molecule has 7 nitrogen and oxygen atoms in total. The number of nitrogens with one attached hydrogen (secondary N) is 1. The second kappa shape index (κ2) is 9.00. The first kappa shape index (κ1) is 18.7. The summed E-state index contributed by atoms with van der Waals surface area (Å²) in [5.74, 6) is 0.775. The molecule has 2 N–H and O–H groups in total. The second-order valence-corrected chi connectivity index (χ2v) is 6.50. The highest BCUT2D eigenvalue weighted by Crippen LogP contribution is 2.23. The summed E-state index contributed by atoms with van der Waals surface area (Å²) in [6, 6.07) is 16.6. The zero-order chi connectivity index (χ0) is 19.1. The van der Waals surface area contributed by atoms with Crippen LogP contribution in [0.3, 0.4) is 0 Å². The van der Waals surface area contributed by atoms with Gasteiger partial charge < -0.3 is 9.67 Å². The van der Waals surface area contributed by atoms with Crippen LogP contribution >= 0.6 is 11.8 Å². The van der Waals surface area contributed by atoms with Gasteiger partial charge in [0.25, 0.3) is 5.91 Å². The molecule has 0 saturated carbocycles. The number of thioether (sulfide) groups is 1. The van der Waals surface area contributed by atoms with E-state index < -0.39 is 0 Å². The molecule has 0 unspecified atom stereocenters. The molecule has 0 aliphatic carbocycles. The molecule has 1 heterocycles. The van der Waals surface area contributed by atoms with Gasteiger partial charge in [0.1, 0.15) is 5.75 Å². The lowest BCUT2D eigenvalue weighted by molar-refractivity contribution is -0.118. The van der Waals surface area contributed by atoms with E-state index in [1.165, 1.54) is 18.0 Å². The quantitative estimate of drug-likeness (QED) is 0.373. The van der Waals surface area contributed by atoms with E-state index in [9.17, 15) is 9.90 Å². The molecule has 0 radical (unpaired) electrons. The predicted octanol–water partition coefficient (Wildman–Crippen LogP) is 2.91. The lowest BCUT2D eigenvalue weighted by Gasteiger charge is -2.06. The molecule has 8 heteroatoms. The normalized spacial score (nSPS) is 11.0. The van der Waals surface area contributed by atoms with Crippen molar-refractivity contribution < 1.29 is 9.90 Å². The van der Waals surface area contributed by atoms with Crippen molar-refractivity contribution >= 4 is 23.9 Å². The van der Waals surface area contributed by atoms with Gasteiger partial charge in [-0.25, -0.2) is 5.43 Å². The molecule has 3 aromatic rings. The number of rotatable bonds is 7. The van der Waals surface area contributed by atoms with Crippen molar-refractivity contribution in [1.82, 2.24) is 20.2 Å². The van der Waals surface area contributed by atoms with Crippen LogP contribution in [0.15, 0.2) is 64.9 Å². The van der Waals surface area contributed by atoms with Crippen molar-refractivity contribution in [3.8, 4) is 17.1 Å². The van der Waals surface area contributed by atoms with E-state index in [2.05, 4.69) is 20.7 Å². The molecule has 2 aromatic carbocycles. The Morgan fingerprint density at radius 1 is 1.19 bits per heavy atom. The number of aromatic hydroxyl groups is 1. The summed E-state index contributed by atoms with van der Waals surface area (Å²) >= 11 is 1.30. The molecule has 0 saturated heterocycles. The van der Waals surface area contributed by atoms with Crippen molar-refractivity contribution in [3.63, 3.8) is 0 Å². The molecule has 27 heavy (non-hydrogen) atoms. The molecule has 0 bridgehead atoms. The maximum Gasteiger partial charge on any atom is 0.250 e. The number of carbonyl (C=O) groups excluding carboxylic acids is 1. The third-order valence-electron chi connectivity index (χ3n) is 3.73. The van der Waals surface area contributed by atoms with E-state index in [0.717, 1.165) is 11.4 Å². The average molecular weight is 381 g/mol.